The number of ether oxygens (including phenoxy) is 1. The van der Waals surface area contributed by atoms with E-state index < -0.39 is 0 Å². The summed E-state index contributed by atoms with van der Waals surface area (Å²) in [6.07, 6.45) is 3.33. The van der Waals surface area contributed by atoms with E-state index in [1.807, 2.05) is 0 Å². The van der Waals surface area contributed by atoms with Crippen molar-refractivity contribution in [2.24, 2.45) is 5.73 Å². The molecule has 0 amide bonds. The predicted molar refractivity (Wildman–Crippen MR) is 59.3 cm³/mol. The van der Waals surface area contributed by atoms with Gasteiger partial charge in [-0.05, 0) is 46.6 Å². The minimum Gasteiger partial charge on any atom is -0.379 e. The molecule has 0 aromatic rings. The molecule has 1 atom stereocenters. The summed E-state index contributed by atoms with van der Waals surface area (Å²) in [6, 6.07) is 0. The predicted octanol–water partition coefficient (Wildman–Crippen LogP) is 1.27. The van der Waals surface area contributed by atoms with Gasteiger partial charge in [-0.25, -0.2) is 0 Å². The Morgan fingerprint density at radius 3 is 2.71 bits per heavy atom. The van der Waals surface area contributed by atoms with Gasteiger partial charge < -0.3 is 15.8 Å². The normalized spacial score (nSPS) is 28.3. The highest BCUT2D eigenvalue weighted by atomic mass is 16.5. The van der Waals surface area contributed by atoms with Crippen molar-refractivity contribution in [3.05, 3.63) is 0 Å². The maximum absolute atomic E-state index is 5.91. The third-order valence-electron chi connectivity index (χ3n) is 2.77. The molecule has 3 heteroatoms. The van der Waals surface area contributed by atoms with Gasteiger partial charge in [-0.1, -0.05) is 0 Å². The van der Waals surface area contributed by atoms with Gasteiger partial charge in [0.2, 0.25) is 0 Å². The average molecular weight is 200 g/mol. The van der Waals surface area contributed by atoms with Crippen LogP contribution in [-0.4, -0.2) is 30.8 Å². The molecule has 84 valence electrons. The summed E-state index contributed by atoms with van der Waals surface area (Å²) in [7, 11) is 0. The smallest absolute Gasteiger partial charge is 0.0646 e. The molecule has 14 heavy (non-hydrogen) atoms. The fraction of sp³-hybridized carbons (Fsp3) is 1.00. The topological polar surface area (TPSA) is 47.3 Å². The highest BCUT2D eigenvalue weighted by Crippen LogP contribution is 2.17. The van der Waals surface area contributed by atoms with Crippen LogP contribution in [0.5, 0.6) is 0 Å². The maximum atomic E-state index is 5.91. The molecule has 1 saturated heterocycles. The third kappa shape index (κ3) is 4.40. The minimum atomic E-state index is -0.0330. The monoisotopic (exact) mass is 200 g/mol. The van der Waals surface area contributed by atoms with E-state index in [0.717, 1.165) is 39.0 Å². The van der Waals surface area contributed by atoms with Gasteiger partial charge in [0, 0.05) is 17.7 Å². The van der Waals surface area contributed by atoms with Gasteiger partial charge in [0.25, 0.3) is 0 Å². The molecule has 0 aromatic carbocycles. The highest BCUT2D eigenvalue weighted by Gasteiger charge is 2.28. The van der Waals surface area contributed by atoms with Gasteiger partial charge >= 0.3 is 0 Å². The average Bonchev–Trinajstić information content (AvgIpc) is 2.45. The lowest BCUT2D eigenvalue weighted by molar-refractivity contribution is 0.171. The molecule has 0 radical (unpaired) electrons. The lowest BCUT2D eigenvalue weighted by Crippen LogP contribution is -2.44. The van der Waals surface area contributed by atoms with Crippen LogP contribution >= 0.6 is 0 Å². The molecule has 1 aliphatic rings. The van der Waals surface area contributed by atoms with Crippen molar-refractivity contribution in [3.63, 3.8) is 0 Å². The molecule has 0 aliphatic carbocycles. The summed E-state index contributed by atoms with van der Waals surface area (Å²) in [5.74, 6) is 0. The lowest BCUT2D eigenvalue weighted by Gasteiger charge is -2.25. The second kappa shape index (κ2) is 4.60. The Morgan fingerprint density at radius 2 is 2.21 bits per heavy atom. The minimum absolute atomic E-state index is 0.0330. The number of nitrogens with one attached hydrogen (secondary N) is 1. The molecule has 3 nitrogen and oxygen atoms in total. The van der Waals surface area contributed by atoms with Crippen LogP contribution in [0.4, 0.5) is 0 Å². The fourth-order valence-electron chi connectivity index (χ4n) is 1.74. The van der Waals surface area contributed by atoms with Crippen LogP contribution < -0.4 is 11.1 Å². The molecular formula is C11H24N2O. The van der Waals surface area contributed by atoms with Crippen molar-refractivity contribution in [1.82, 2.24) is 5.32 Å². The summed E-state index contributed by atoms with van der Waals surface area (Å²) in [5, 5.41) is 3.55. The Morgan fingerprint density at radius 1 is 1.50 bits per heavy atom. The van der Waals surface area contributed by atoms with Crippen LogP contribution in [0.15, 0.2) is 0 Å². The van der Waals surface area contributed by atoms with Crippen LogP contribution in [0, 0.1) is 0 Å². The van der Waals surface area contributed by atoms with E-state index in [2.05, 4.69) is 26.1 Å². The third-order valence-corrected chi connectivity index (χ3v) is 2.77. The first-order chi connectivity index (χ1) is 6.41. The number of rotatable bonds is 5. The molecular weight excluding hydrogens is 176 g/mol. The zero-order valence-electron chi connectivity index (χ0n) is 9.73. The fourth-order valence-corrected chi connectivity index (χ4v) is 1.74. The molecule has 3 N–H and O–H groups in total. The van der Waals surface area contributed by atoms with Crippen LogP contribution in [0.25, 0.3) is 0 Å². The summed E-state index contributed by atoms with van der Waals surface area (Å²) in [6.45, 7) is 9.17. The molecule has 1 heterocycles. The summed E-state index contributed by atoms with van der Waals surface area (Å²) in [4.78, 5) is 0. The largest absolute Gasteiger partial charge is 0.379 e. The number of nitrogens with two attached hydrogens (primary N) is 1. The number of hydrogen-bond donors (Lipinski definition) is 2. The van der Waals surface area contributed by atoms with E-state index in [1.54, 1.807) is 0 Å². The van der Waals surface area contributed by atoms with Gasteiger partial charge in [0.1, 0.15) is 0 Å². The second-order valence-electron chi connectivity index (χ2n) is 5.38. The van der Waals surface area contributed by atoms with E-state index in [4.69, 9.17) is 10.5 Å². The SMILES string of the molecule is CC(C)(N)CCCNC1(C)CCOC1. The zero-order chi connectivity index (χ0) is 10.7. The van der Waals surface area contributed by atoms with E-state index >= 15 is 0 Å². The highest BCUT2D eigenvalue weighted by molar-refractivity contribution is 4.86. The van der Waals surface area contributed by atoms with Gasteiger partial charge in [0.15, 0.2) is 0 Å². The van der Waals surface area contributed by atoms with Crippen LogP contribution in [0.2, 0.25) is 0 Å². The van der Waals surface area contributed by atoms with Crippen molar-refractivity contribution >= 4 is 0 Å². The van der Waals surface area contributed by atoms with Gasteiger partial charge in [-0.2, -0.15) is 0 Å². The van der Waals surface area contributed by atoms with Crippen molar-refractivity contribution in [3.8, 4) is 0 Å². The Kier molecular flexibility index (Phi) is 3.93. The first-order valence-corrected chi connectivity index (χ1v) is 5.53. The summed E-state index contributed by atoms with van der Waals surface area (Å²) in [5.41, 5.74) is 6.08. The van der Waals surface area contributed by atoms with Crippen LogP contribution in [0.3, 0.4) is 0 Å². The van der Waals surface area contributed by atoms with E-state index in [-0.39, 0.29) is 11.1 Å². The standard InChI is InChI=1S/C11H24N2O/c1-10(2,12)5-4-7-13-11(3)6-8-14-9-11/h13H,4-9,12H2,1-3H3. The van der Waals surface area contributed by atoms with Crippen LogP contribution in [-0.2, 0) is 4.74 Å². The van der Waals surface area contributed by atoms with E-state index in [0.29, 0.717) is 0 Å². The Bertz CT molecular complexity index is 169. The van der Waals surface area contributed by atoms with Gasteiger partial charge in [0.05, 0.1) is 6.61 Å². The zero-order valence-corrected chi connectivity index (χ0v) is 9.73. The Hall–Kier alpha value is -0.120. The van der Waals surface area contributed by atoms with E-state index in [9.17, 15) is 0 Å². The number of hydrogen-bond acceptors (Lipinski definition) is 3. The Labute approximate surface area is 87.4 Å². The second-order valence-corrected chi connectivity index (χ2v) is 5.38. The van der Waals surface area contributed by atoms with E-state index in [1.165, 1.54) is 0 Å². The summed E-state index contributed by atoms with van der Waals surface area (Å²) < 4.78 is 5.37. The molecule has 0 aromatic heterocycles. The van der Waals surface area contributed by atoms with Crippen molar-refractivity contribution in [1.29, 1.82) is 0 Å². The lowest BCUT2D eigenvalue weighted by atomic mass is 9.98. The van der Waals surface area contributed by atoms with Crippen molar-refractivity contribution in [2.75, 3.05) is 19.8 Å². The quantitative estimate of drug-likeness (QED) is 0.657. The summed E-state index contributed by atoms with van der Waals surface area (Å²) >= 11 is 0. The van der Waals surface area contributed by atoms with Crippen LogP contribution in [0.1, 0.15) is 40.0 Å². The molecule has 1 fully saturated rings. The first kappa shape index (κ1) is 12.0. The van der Waals surface area contributed by atoms with Gasteiger partial charge in [-0.15, -0.1) is 0 Å². The molecule has 0 bridgehead atoms. The molecule has 1 unspecified atom stereocenters. The first-order valence-electron chi connectivity index (χ1n) is 5.53. The van der Waals surface area contributed by atoms with Crippen molar-refractivity contribution < 1.29 is 4.74 Å². The maximum Gasteiger partial charge on any atom is 0.0646 e. The van der Waals surface area contributed by atoms with Gasteiger partial charge in [-0.3, -0.25) is 0 Å². The molecule has 0 spiro atoms. The molecule has 0 saturated carbocycles. The van der Waals surface area contributed by atoms with Crippen molar-refractivity contribution in [2.45, 2.75) is 51.1 Å². The Balaban J connectivity index is 2.09. The molecule has 1 aliphatic heterocycles. The molecule has 1 rings (SSSR count).